The minimum absolute atomic E-state index is 0.487. The summed E-state index contributed by atoms with van der Waals surface area (Å²) in [5, 5.41) is 0. The van der Waals surface area contributed by atoms with Crippen LogP contribution in [0.1, 0.15) is 27.2 Å². The summed E-state index contributed by atoms with van der Waals surface area (Å²) in [6, 6.07) is 0. The predicted octanol–water partition coefficient (Wildman–Crippen LogP) is 2.95. The summed E-state index contributed by atoms with van der Waals surface area (Å²) in [5.74, 6) is 1.09. The molecule has 2 heterocycles. The highest BCUT2D eigenvalue weighted by Crippen LogP contribution is 2.32. The maximum Gasteiger partial charge on any atom is 0.142 e. The molecule has 2 aliphatic heterocycles. The van der Waals surface area contributed by atoms with Gasteiger partial charge in [0.1, 0.15) is 5.84 Å². The zero-order chi connectivity index (χ0) is 13.3. The lowest BCUT2D eigenvalue weighted by atomic mass is 9.97. The van der Waals surface area contributed by atoms with Crippen molar-refractivity contribution in [2.75, 3.05) is 7.05 Å². The van der Waals surface area contributed by atoms with Crippen LogP contribution in [0.3, 0.4) is 0 Å². The molecular weight excluding hydrogens is 222 g/mol. The van der Waals surface area contributed by atoms with Crippen molar-refractivity contribution in [3.63, 3.8) is 0 Å². The van der Waals surface area contributed by atoms with Gasteiger partial charge in [0.05, 0.1) is 5.70 Å². The first-order valence-corrected chi connectivity index (χ1v) is 6.34. The highest BCUT2D eigenvalue weighted by atomic mass is 15.2. The minimum Gasteiger partial charge on any atom is -0.382 e. The van der Waals surface area contributed by atoms with Crippen molar-refractivity contribution >= 4 is 5.84 Å². The number of hydrogen-bond donors (Lipinski definition) is 1. The van der Waals surface area contributed by atoms with Crippen LogP contribution in [0.5, 0.6) is 0 Å². The number of aliphatic imine (C=N–C) groups is 1. The van der Waals surface area contributed by atoms with E-state index in [-0.39, 0.29) is 0 Å². The molecule has 0 bridgehead atoms. The molecule has 0 radical (unpaired) electrons. The van der Waals surface area contributed by atoms with E-state index in [1.807, 2.05) is 0 Å². The largest absolute Gasteiger partial charge is 0.382 e. The number of nitrogens with two attached hydrogens (primary N) is 1. The lowest BCUT2D eigenvalue weighted by molar-refractivity contribution is 0.599. The van der Waals surface area contributed by atoms with Crippen LogP contribution in [0.25, 0.3) is 0 Å². The number of amidine groups is 1. The van der Waals surface area contributed by atoms with Gasteiger partial charge in [-0.1, -0.05) is 19.1 Å². The smallest absolute Gasteiger partial charge is 0.142 e. The van der Waals surface area contributed by atoms with Gasteiger partial charge in [-0.2, -0.15) is 0 Å². The fraction of sp³-hybridized carbons (Fsp3) is 0.400. The molecular formula is C15H21N3. The highest BCUT2D eigenvalue weighted by molar-refractivity contribution is 5.97. The van der Waals surface area contributed by atoms with Gasteiger partial charge < -0.3 is 10.6 Å². The monoisotopic (exact) mass is 243 g/mol. The summed E-state index contributed by atoms with van der Waals surface area (Å²) in [6.07, 6.45) is 9.70. The van der Waals surface area contributed by atoms with Gasteiger partial charge in [0, 0.05) is 18.9 Å². The van der Waals surface area contributed by atoms with Crippen molar-refractivity contribution in [2.24, 2.45) is 16.6 Å². The summed E-state index contributed by atoms with van der Waals surface area (Å²) in [7, 11) is 1.74. The number of hydrogen-bond acceptors (Lipinski definition) is 2. The average molecular weight is 243 g/mol. The van der Waals surface area contributed by atoms with Crippen LogP contribution in [-0.2, 0) is 0 Å². The zero-order valence-electron chi connectivity index (χ0n) is 11.6. The topological polar surface area (TPSA) is 41.6 Å². The molecule has 0 aromatic rings. The van der Waals surface area contributed by atoms with Gasteiger partial charge in [0.15, 0.2) is 0 Å². The Balaban J connectivity index is 2.59. The van der Waals surface area contributed by atoms with Crippen molar-refractivity contribution in [3.8, 4) is 0 Å². The Morgan fingerprint density at radius 2 is 2.11 bits per heavy atom. The maximum atomic E-state index is 6.09. The first kappa shape index (κ1) is 12.7. The van der Waals surface area contributed by atoms with E-state index < -0.39 is 0 Å². The van der Waals surface area contributed by atoms with Crippen molar-refractivity contribution < 1.29 is 0 Å². The third kappa shape index (κ3) is 2.13. The molecule has 18 heavy (non-hydrogen) atoms. The fourth-order valence-corrected chi connectivity index (χ4v) is 2.31. The van der Waals surface area contributed by atoms with E-state index >= 15 is 0 Å². The van der Waals surface area contributed by atoms with Crippen LogP contribution >= 0.6 is 0 Å². The third-order valence-corrected chi connectivity index (χ3v) is 3.65. The molecule has 2 aliphatic rings. The molecule has 3 heteroatoms. The van der Waals surface area contributed by atoms with Gasteiger partial charge >= 0.3 is 0 Å². The third-order valence-electron chi connectivity index (χ3n) is 3.65. The van der Waals surface area contributed by atoms with Crippen LogP contribution in [-0.4, -0.2) is 17.8 Å². The van der Waals surface area contributed by atoms with Gasteiger partial charge in [0.25, 0.3) is 0 Å². The quantitative estimate of drug-likeness (QED) is 0.568. The molecule has 0 saturated carbocycles. The van der Waals surface area contributed by atoms with Gasteiger partial charge in [-0.15, -0.1) is 0 Å². The van der Waals surface area contributed by atoms with E-state index in [0.29, 0.717) is 11.8 Å². The van der Waals surface area contributed by atoms with Crippen LogP contribution in [0, 0.1) is 5.92 Å². The second-order valence-corrected chi connectivity index (χ2v) is 4.98. The fourth-order valence-electron chi connectivity index (χ4n) is 2.31. The van der Waals surface area contributed by atoms with Crippen LogP contribution < -0.4 is 5.73 Å². The molecule has 0 saturated heterocycles. The van der Waals surface area contributed by atoms with E-state index in [0.717, 1.165) is 12.1 Å². The van der Waals surface area contributed by atoms with Crippen molar-refractivity contribution in [2.45, 2.75) is 27.2 Å². The van der Waals surface area contributed by atoms with Crippen LogP contribution in [0.2, 0.25) is 0 Å². The van der Waals surface area contributed by atoms with Crippen molar-refractivity contribution in [1.82, 2.24) is 4.90 Å². The lowest BCUT2D eigenvalue weighted by Gasteiger charge is -2.28. The van der Waals surface area contributed by atoms with Crippen LogP contribution in [0.4, 0.5) is 0 Å². The van der Waals surface area contributed by atoms with E-state index in [4.69, 9.17) is 5.73 Å². The molecule has 3 nitrogen and oxygen atoms in total. The van der Waals surface area contributed by atoms with Gasteiger partial charge in [-0.05, 0) is 43.4 Å². The number of allylic oxidation sites excluding steroid dienone is 5. The summed E-state index contributed by atoms with van der Waals surface area (Å²) in [5.41, 5.74) is 10.8. The summed E-state index contributed by atoms with van der Waals surface area (Å²) in [4.78, 5) is 6.33. The second-order valence-electron chi connectivity index (χ2n) is 4.98. The first-order chi connectivity index (χ1) is 8.54. The molecule has 0 fully saturated rings. The Labute approximate surface area is 109 Å². The van der Waals surface area contributed by atoms with E-state index in [2.05, 4.69) is 55.1 Å². The predicted molar refractivity (Wildman–Crippen MR) is 76.8 cm³/mol. The average Bonchev–Trinajstić information content (AvgIpc) is 2.47. The van der Waals surface area contributed by atoms with Crippen LogP contribution in [0.15, 0.2) is 52.0 Å². The normalized spacial score (nSPS) is 24.6. The first-order valence-electron chi connectivity index (χ1n) is 6.34. The second kappa shape index (κ2) is 4.84. The molecule has 96 valence electrons. The standard InChI is InChI=1S/C15H21N3/c1-10-5-7-13-8-6-11(2)12(3)14(15(16)17-4)18(13)9-10/h5,7-9,11H,6H2,1-4H3,(H2,16,17). The number of fused-ring (bicyclic) bond motifs is 1. The Morgan fingerprint density at radius 3 is 2.78 bits per heavy atom. The summed E-state index contributed by atoms with van der Waals surface area (Å²) >= 11 is 0. The Bertz CT molecular complexity index is 504. The van der Waals surface area contributed by atoms with Gasteiger partial charge in [-0.3, -0.25) is 4.99 Å². The molecule has 0 spiro atoms. The summed E-state index contributed by atoms with van der Waals surface area (Å²) < 4.78 is 0. The molecule has 0 aliphatic carbocycles. The molecule has 0 aromatic heterocycles. The molecule has 2 N–H and O–H groups in total. The van der Waals surface area contributed by atoms with E-state index in [1.165, 1.54) is 16.8 Å². The number of nitrogens with zero attached hydrogens (tertiary/aromatic N) is 2. The Morgan fingerprint density at radius 1 is 1.39 bits per heavy atom. The van der Waals surface area contributed by atoms with E-state index in [9.17, 15) is 0 Å². The molecule has 0 amide bonds. The van der Waals surface area contributed by atoms with Crippen molar-refractivity contribution in [3.05, 3.63) is 47.0 Å². The van der Waals surface area contributed by atoms with Crippen molar-refractivity contribution in [1.29, 1.82) is 0 Å². The van der Waals surface area contributed by atoms with Gasteiger partial charge in [-0.25, -0.2) is 0 Å². The lowest BCUT2D eigenvalue weighted by Crippen LogP contribution is -2.29. The minimum atomic E-state index is 0.487. The Kier molecular flexibility index (Phi) is 3.41. The van der Waals surface area contributed by atoms with Gasteiger partial charge in [0.2, 0.25) is 0 Å². The Hall–Kier alpha value is -1.77. The molecule has 1 atom stereocenters. The van der Waals surface area contributed by atoms with E-state index in [1.54, 1.807) is 7.05 Å². The maximum absolute atomic E-state index is 6.09. The molecule has 0 aromatic carbocycles. The zero-order valence-corrected chi connectivity index (χ0v) is 11.6. The molecule has 1 unspecified atom stereocenters. The molecule has 2 rings (SSSR count). The highest BCUT2D eigenvalue weighted by Gasteiger charge is 2.24. The SMILES string of the molecule is CN=C(N)C1=C(C)C(C)CC=C2C=CC(C)=CN21. The summed E-state index contributed by atoms with van der Waals surface area (Å²) in [6.45, 7) is 6.47. The number of rotatable bonds is 1.